The first-order valence-electron chi connectivity index (χ1n) is 9.48. The Kier molecular flexibility index (Phi) is 4.80. The van der Waals surface area contributed by atoms with E-state index in [9.17, 15) is 19.5 Å². The zero-order valence-corrected chi connectivity index (χ0v) is 15.8. The van der Waals surface area contributed by atoms with Gasteiger partial charge in [0, 0.05) is 25.2 Å². The molecule has 1 aromatic carbocycles. The maximum atomic E-state index is 12.7. The van der Waals surface area contributed by atoms with Crippen molar-refractivity contribution in [3.05, 3.63) is 34.5 Å². The Morgan fingerprint density at radius 2 is 1.96 bits per heavy atom. The Hall–Kier alpha value is -2.87. The van der Waals surface area contributed by atoms with Crippen LogP contribution in [0.15, 0.2) is 23.4 Å². The minimum atomic E-state index is -0.563. The Morgan fingerprint density at radius 1 is 1.21 bits per heavy atom. The largest absolute Gasteiger partial charge is 0.466 e. The van der Waals surface area contributed by atoms with Crippen molar-refractivity contribution in [3.8, 4) is 0 Å². The van der Waals surface area contributed by atoms with E-state index in [1.54, 1.807) is 0 Å². The van der Waals surface area contributed by atoms with Crippen LogP contribution in [0, 0.1) is 0 Å². The first-order chi connectivity index (χ1) is 13.5. The van der Waals surface area contributed by atoms with Crippen molar-refractivity contribution in [2.24, 2.45) is 0 Å². The molecule has 1 aromatic rings. The van der Waals surface area contributed by atoms with E-state index in [4.69, 9.17) is 4.74 Å². The van der Waals surface area contributed by atoms with Crippen LogP contribution >= 0.6 is 0 Å². The normalized spacial score (nSPS) is 18.5. The smallest absolute Gasteiger partial charge is 0.337 e. The van der Waals surface area contributed by atoms with Crippen molar-refractivity contribution in [2.45, 2.75) is 25.7 Å². The summed E-state index contributed by atoms with van der Waals surface area (Å²) in [5, 5.41) is 12.3. The molecule has 2 amide bonds. The summed E-state index contributed by atoms with van der Waals surface area (Å²) >= 11 is 0. The van der Waals surface area contributed by atoms with Gasteiger partial charge in [-0.2, -0.15) is 0 Å². The average molecular weight is 385 g/mol. The summed E-state index contributed by atoms with van der Waals surface area (Å²) in [6.07, 6.45) is 2.92. The fourth-order valence-corrected chi connectivity index (χ4v) is 4.22. The highest BCUT2D eigenvalue weighted by Gasteiger charge is 2.35. The topological polar surface area (TPSA) is 99.2 Å². The molecule has 8 heteroatoms. The fraction of sp³-hybridized carbons (Fsp3) is 0.450. The van der Waals surface area contributed by atoms with Crippen LogP contribution in [0.2, 0.25) is 0 Å². The molecule has 28 heavy (non-hydrogen) atoms. The van der Waals surface area contributed by atoms with E-state index in [2.05, 4.69) is 5.32 Å². The van der Waals surface area contributed by atoms with Crippen molar-refractivity contribution in [2.75, 3.05) is 43.6 Å². The van der Waals surface area contributed by atoms with Crippen molar-refractivity contribution in [1.29, 1.82) is 0 Å². The monoisotopic (exact) mass is 385 g/mol. The highest BCUT2D eigenvalue weighted by molar-refractivity contribution is 6.08. The van der Waals surface area contributed by atoms with Gasteiger partial charge >= 0.3 is 5.97 Å². The molecule has 0 atom stereocenters. The predicted octanol–water partition coefficient (Wildman–Crippen LogP) is 0.585. The lowest BCUT2D eigenvalue weighted by Gasteiger charge is -2.35. The third kappa shape index (κ3) is 3.03. The highest BCUT2D eigenvalue weighted by Crippen LogP contribution is 2.38. The number of hydrogen-bond acceptors (Lipinski definition) is 6. The molecule has 3 heterocycles. The molecule has 0 aromatic heterocycles. The molecule has 2 N–H and O–H groups in total. The second-order valence-corrected chi connectivity index (χ2v) is 7.21. The van der Waals surface area contributed by atoms with Crippen LogP contribution in [0.3, 0.4) is 0 Å². The molecular formula is C20H23N3O5. The summed E-state index contributed by atoms with van der Waals surface area (Å²) in [6, 6.07) is 3.90. The Morgan fingerprint density at radius 3 is 2.68 bits per heavy atom. The second kappa shape index (κ2) is 7.27. The molecule has 0 fully saturated rings. The van der Waals surface area contributed by atoms with Gasteiger partial charge in [-0.15, -0.1) is 0 Å². The molecule has 148 valence electrons. The number of aryl methyl sites for hydroxylation is 2. The van der Waals surface area contributed by atoms with Gasteiger partial charge in [0.1, 0.15) is 5.70 Å². The average Bonchev–Trinajstić information content (AvgIpc) is 3.00. The highest BCUT2D eigenvalue weighted by atomic mass is 16.5. The lowest BCUT2D eigenvalue weighted by Crippen LogP contribution is -2.39. The Labute approximate surface area is 162 Å². The summed E-state index contributed by atoms with van der Waals surface area (Å²) in [6.45, 7) is 0.823. The molecule has 0 unspecified atom stereocenters. The number of hydrogen-bond donors (Lipinski definition) is 2. The molecule has 0 aliphatic carbocycles. The van der Waals surface area contributed by atoms with Crippen LogP contribution in [-0.2, 0) is 32.0 Å². The molecule has 0 radical (unpaired) electrons. The van der Waals surface area contributed by atoms with Crippen molar-refractivity contribution < 1.29 is 24.2 Å². The van der Waals surface area contributed by atoms with Crippen LogP contribution in [0.25, 0.3) is 0 Å². The number of nitrogens with one attached hydrogen (secondary N) is 1. The lowest BCUT2D eigenvalue weighted by molar-refractivity contribution is -0.136. The Balaban J connectivity index is 1.69. The van der Waals surface area contributed by atoms with Gasteiger partial charge in [0.15, 0.2) is 0 Å². The minimum absolute atomic E-state index is 0.106. The number of carbonyl (C=O) groups is 3. The van der Waals surface area contributed by atoms with E-state index in [0.29, 0.717) is 12.8 Å². The van der Waals surface area contributed by atoms with Gasteiger partial charge in [-0.3, -0.25) is 9.59 Å². The van der Waals surface area contributed by atoms with Gasteiger partial charge in [0.25, 0.3) is 5.91 Å². The number of aliphatic hydroxyl groups is 1. The first kappa shape index (κ1) is 18.5. The third-order valence-electron chi connectivity index (χ3n) is 5.50. The van der Waals surface area contributed by atoms with Crippen LogP contribution in [0.4, 0.5) is 11.4 Å². The van der Waals surface area contributed by atoms with E-state index < -0.39 is 5.97 Å². The third-order valence-corrected chi connectivity index (χ3v) is 5.50. The number of benzene rings is 1. The van der Waals surface area contributed by atoms with Gasteiger partial charge in [-0.25, -0.2) is 4.79 Å². The molecule has 0 bridgehead atoms. The molecule has 0 saturated heterocycles. The van der Waals surface area contributed by atoms with Crippen LogP contribution in [0.1, 0.15) is 24.0 Å². The SMILES string of the molecule is COC(=O)C1=C(Nc2cc3c4c(c2)CCC(=O)N4CCC3)C(=O)N(CCO)C1. The van der Waals surface area contributed by atoms with Crippen LogP contribution in [-0.4, -0.2) is 61.1 Å². The first-order valence-corrected chi connectivity index (χ1v) is 9.48. The molecule has 0 saturated carbocycles. The molecule has 3 aliphatic heterocycles. The number of ether oxygens (including phenoxy) is 1. The molecule has 8 nitrogen and oxygen atoms in total. The van der Waals surface area contributed by atoms with Gasteiger partial charge in [0.2, 0.25) is 5.91 Å². The summed E-state index contributed by atoms with van der Waals surface area (Å²) in [5.41, 5.74) is 4.33. The van der Waals surface area contributed by atoms with Crippen molar-refractivity contribution in [1.82, 2.24) is 4.90 Å². The number of rotatable bonds is 5. The summed E-state index contributed by atoms with van der Waals surface area (Å²) in [7, 11) is 1.28. The number of nitrogens with zero attached hydrogens (tertiary/aromatic N) is 2. The van der Waals surface area contributed by atoms with Gasteiger partial charge in [-0.1, -0.05) is 0 Å². The molecular weight excluding hydrogens is 362 g/mol. The quantitative estimate of drug-likeness (QED) is 0.720. The van der Waals surface area contributed by atoms with Gasteiger partial charge in [-0.05, 0) is 42.5 Å². The molecule has 4 rings (SSSR count). The fourth-order valence-electron chi connectivity index (χ4n) is 4.22. The van der Waals surface area contributed by atoms with Crippen LogP contribution < -0.4 is 10.2 Å². The summed E-state index contributed by atoms with van der Waals surface area (Å²) in [5.74, 6) is -0.736. The lowest BCUT2D eigenvalue weighted by atomic mass is 9.91. The maximum absolute atomic E-state index is 12.7. The number of esters is 1. The van der Waals surface area contributed by atoms with Gasteiger partial charge < -0.3 is 25.0 Å². The Bertz CT molecular complexity index is 875. The number of carbonyl (C=O) groups excluding carboxylic acids is 3. The zero-order chi connectivity index (χ0) is 19.8. The molecule has 0 spiro atoms. The summed E-state index contributed by atoms with van der Waals surface area (Å²) in [4.78, 5) is 40.4. The summed E-state index contributed by atoms with van der Waals surface area (Å²) < 4.78 is 4.82. The number of aliphatic hydroxyl groups excluding tert-OH is 1. The molecule has 3 aliphatic rings. The second-order valence-electron chi connectivity index (χ2n) is 7.21. The number of amides is 2. The van der Waals surface area contributed by atoms with Crippen molar-refractivity contribution in [3.63, 3.8) is 0 Å². The van der Waals surface area contributed by atoms with E-state index in [0.717, 1.165) is 41.9 Å². The van der Waals surface area contributed by atoms with E-state index >= 15 is 0 Å². The van der Waals surface area contributed by atoms with Crippen molar-refractivity contribution >= 4 is 29.2 Å². The van der Waals surface area contributed by atoms with E-state index in [1.807, 2.05) is 17.0 Å². The van der Waals surface area contributed by atoms with E-state index in [-0.39, 0.29) is 42.8 Å². The van der Waals surface area contributed by atoms with Crippen LogP contribution in [0.5, 0.6) is 0 Å². The number of methoxy groups -OCH3 is 1. The number of β-amino-alcohol motifs (C(OH)–C–C–N with tert-alkyl or cyclic N) is 1. The van der Waals surface area contributed by atoms with Gasteiger partial charge in [0.05, 0.1) is 31.5 Å². The standard InChI is InChI=1S/C20H23N3O5/c1-28-20(27)15-11-22(7-8-24)19(26)17(15)21-14-9-12-3-2-6-23-16(25)5-4-13(10-14)18(12)23/h9-10,21,24H,2-8,11H2,1H3. The maximum Gasteiger partial charge on any atom is 0.337 e. The number of anilines is 2. The minimum Gasteiger partial charge on any atom is -0.466 e. The van der Waals surface area contributed by atoms with E-state index in [1.165, 1.54) is 12.0 Å². The predicted molar refractivity (Wildman–Crippen MR) is 102 cm³/mol. The zero-order valence-electron chi connectivity index (χ0n) is 15.8.